The minimum Gasteiger partial charge on any atom is -0.469 e. The molecule has 1 atom stereocenters. The third-order valence-electron chi connectivity index (χ3n) is 2.94. The SMILES string of the molecule is CC(=O)C1CCc2c(C)coc2C1. The van der Waals surface area contributed by atoms with Crippen molar-refractivity contribution in [1.29, 1.82) is 0 Å². The quantitative estimate of drug-likeness (QED) is 0.660. The van der Waals surface area contributed by atoms with Crippen LogP contribution in [0.4, 0.5) is 0 Å². The van der Waals surface area contributed by atoms with Crippen molar-refractivity contribution in [3.63, 3.8) is 0 Å². The molecular weight excluding hydrogens is 164 g/mol. The lowest BCUT2D eigenvalue weighted by molar-refractivity contribution is -0.121. The van der Waals surface area contributed by atoms with E-state index in [0.29, 0.717) is 5.78 Å². The topological polar surface area (TPSA) is 30.2 Å². The van der Waals surface area contributed by atoms with Gasteiger partial charge in [-0.05, 0) is 37.8 Å². The Hall–Kier alpha value is -1.05. The van der Waals surface area contributed by atoms with Crippen LogP contribution in [0.15, 0.2) is 10.7 Å². The number of carbonyl (C=O) groups is 1. The van der Waals surface area contributed by atoms with E-state index in [4.69, 9.17) is 4.42 Å². The van der Waals surface area contributed by atoms with E-state index in [-0.39, 0.29) is 5.92 Å². The molecular formula is C11H14O2. The minimum absolute atomic E-state index is 0.193. The third kappa shape index (κ3) is 1.41. The van der Waals surface area contributed by atoms with Gasteiger partial charge in [0.2, 0.25) is 0 Å². The average Bonchev–Trinajstić information content (AvgIpc) is 2.47. The molecule has 1 unspecified atom stereocenters. The van der Waals surface area contributed by atoms with Crippen LogP contribution in [0.3, 0.4) is 0 Å². The average molecular weight is 178 g/mol. The maximum atomic E-state index is 11.2. The Balaban J connectivity index is 2.25. The van der Waals surface area contributed by atoms with Gasteiger partial charge in [0.25, 0.3) is 0 Å². The van der Waals surface area contributed by atoms with Gasteiger partial charge in [-0.2, -0.15) is 0 Å². The standard InChI is InChI=1S/C11H14O2/c1-7-6-13-11-5-9(8(2)12)3-4-10(7)11/h6,9H,3-5H2,1-2H3. The summed E-state index contributed by atoms with van der Waals surface area (Å²) in [6.07, 6.45) is 4.59. The van der Waals surface area contributed by atoms with Crippen LogP contribution in [0.1, 0.15) is 30.2 Å². The zero-order valence-corrected chi connectivity index (χ0v) is 8.09. The molecule has 1 aromatic heterocycles. The Morgan fingerprint density at radius 1 is 1.62 bits per heavy atom. The second kappa shape index (κ2) is 3.02. The van der Waals surface area contributed by atoms with Gasteiger partial charge in [0.05, 0.1) is 6.26 Å². The van der Waals surface area contributed by atoms with E-state index in [2.05, 4.69) is 6.92 Å². The molecule has 0 N–H and O–H groups in total. The van der Waals surface area contributed by atoms with Crippen molar-refractivity contribution in [2.75, 3.05) is 0 Å². The van der Waals surface area contributed by atoms with Crippen LogP contribution in [-0.2, 0) is 17.6 Å². The van der Waals surface area contributed by atoms with Crippen molar-refractivity contribution in [2.24, 2.45) is 5.92 Å². The third-order valence-corrected chi connectivity index (χ3v) is 2.94. The lowest BCUT2D eigenvalue weighted by Gasteiger charge is -2.18. The number of Topliss-reactive ketones (excluding diaryl/α,β-unsaturated/α-hetero) is 1. The second-order valence-electron chi connectivity index (χ2n) is 3.87. The predicted octanol–water partition coefficient (Wildman–Crippen LogP) is 2.28. The van der Waals surface area contributed by atoms with Crippen molar-refractivity contribution >= 4 is 5.78 Å². The van der Waals surface area contributed by atoms with E-state index in [1.807, 2.05) is 0 Å². The first-order valence-corrected chi connectivity index (χ1v) is 4.74. The van der Waals surface area contributed by atoms with Gasteiger partial charge in [-0.25, -0.2) is 0 Å². The predicted molar refractivity (Wildman–Crippen MR) is 49.6 cm³/mol. The highest BCUT2D eigenvalue weighted by molar-refractivity contribution is 5.78. The molecule has 13 heavy (non-hydrogen) atoms. The van der Waals surface area contributed by atoms with Gasteiger partial charge in [0.1, 0.15) is 11.5 Å². The van der Waals surface area contributed by atoms with Crippen LogP contribution in [0.5, 0.6) is 0 Å². The molecule has 2 nitrogen and oxygen atoms in total. The molecule has 1 aliphatic carbocycles. The molecule has 0 amide bonds. The summed E-state index contributed by atoms with van der Waals surface area (Å²) in [6, 6.07) is 0. The fourth-order valence-corrected chi connectivity index (χ4v) is 2.02. The van der Waals surface area contributed by atoms with Gasteiger partial charge in [-0.3, -0.25) is 4.79 Å². The fraction of sp³-hybridized carbons (Fsp3) is 0.545. The number of fused-ring (bicyclic) bond motifs is 1. The summed E-state index contributed by atoms with van der Waals surface area (Å²) < 4.78 is 5.41. The summed E-state index contributed by atoms with van der Waals surface area (Å²) in [4.78, 5) is 11.2. The Morgan fingerprint density at radius 3 is 3.08 bits per heavy atom. The van der Waals surface area contributed by atoms with Crippen LogP contribution in [0.2, 0.25) is 0 Å². The minimum atomic E-state index is 0.193. The summed E-state index contributed by atoms with van der Waals surface area (Å²) >= 11 is 0. The smallest absolute Gasteiger partial charge is 0.133 e. The van der Waals surface area contributed by atoms with Gasteiger partial charge in [0, 0.05) is 12.3 Å². The molecule has 0 saturated heterocycles. The fourth-order valence-electron chi connectivity index (χ4n) is 2.02. The Morgan fingerprint density at radius 2 is 2.38 bits per heavy atom. The van der Waals surface area contributed by atoms with Crippen LogP contribution in [0, 0.1) is 12.8 Å². The molecule has 70 valence electrons. The highest BCUT2D eigenvalue weighted by Crippen LogP contribution is 2.29. The summed E-state index contributed by atoms with van der Waals surface area (Å²) in [6.45, 7) is 3.74. The first-order chi connectivity index (χ1) is 6.18. The van der Waals surface area contributed by atoms with E-state index in [9.17, 15) is 4.79 Å². The molecule has 2 rings (SSSR count). The van der Waals surface area contributed by atoms with Crippen molar-refractivity contribution < 1.29 is 9.21 Å². The van der Waals surface area contributed by atoms with Gasteiger partial charge >= 0.3 is 0 Å². The maximum absolute atomic E-state index is 11.2. The first-order valence-electron chi connectivity index (χ1n) is 4.74. The van der Waals surface area contributed by atoms with E-state index in [1.54, 1.807) is 13.2 Å². The first kappa shape index (κ1) is 8.54. The van der Waals surface area contributed by atoms with Crippen molar-refractivity contribution in [3.05, 3.63) is 23.2 Å². The molecule has 0 bridgehead atoms. The zero-order chi connectivity index (χ0) is 9.42. The monoisotopic (exact) mass is 178 g/mol. The van der Waals surface area contributed by atoms with Gasteiger partial charge in [-0.1, -0.05) is 0 Å². The molecule has 1 aromatic rings. The number of rotatable bonds is 1. The highest BCUT2D eigenvalue weighted by atomic mass is 16.3. The molecule has 0 aromatic carbocycles. The lowest BCUT2D eigenvalue weighted by atomic mass is 9.85. The largest absolute Gasteiger partial charge is 0.469 e. The van der Waals surface area contributed by atoms with Crippen molar-refractivity contribution in [3.8, 4) is 0 Å². The van der Waals surface area contributed by atoms with Gasteiger partial charge in [-0.15, -0.1) is 0 Å². The van der Waals surface area contributed by atoms with Gasteiger partial charge < -0.3 is 4.42 Å². The van der Waals surface area contributed by atoms with Gasteiger partial charge in [0.15, 0.2) is 0 Å². The Kier molecular flexibility index (Phi) is 1.98. The number of ketones is 1. The molecule has 1 heterocycles. The van der Waals surface area contributed by atoms with Crippen molar-refractivity contribution in [1.82, 2.24) is 0 Å². The maximum Gasteiger partial charge on any atom is 0.133 e. The molecule has 0 spiro atoms. The van der Waals surface area contributed by atoms with Crippen LogP contribution >= 0.6 is 0 Å². The second-order valence-corrected chi connectivity index (χ2v) is 3.87. The number of carbonyl (C=O) groups excluding carboxylic acids is 1. The Bertz CT molecular complexity index is 336. The number of hydrogen-bond acceptors (Lipinski definition) is 2. The molecule has 1 aliphatic rings. The van der Waals surface area contributed by atoms with Crippen molar-refractivity contribution in [2.45, 2.75) is 33.1 Å². The normalized spacial score (nSPS) is 21.2. The molecule has 2 heteroatoms. The van der Waals surface area contributed by atoms with E-state index >= 15 is 0 Å². The highest BCUT2D eigenvalue weighted by Gasteiger charge is 2.25. The molecule has 0 saturated carbocycles. The van der Waals surface area contributed by atoms with Crippen LogP contribution in [-0.4, -0.2) is 5.78 Å². The number of aryl methyl sites for hydroxylation is 1. The number of furan rings is 1. The lowest BCUT2D eigenvalue weighted by Crippen LogP contribution is -2.19. The molecule has 0 fully saturated rings. The van der Waals surface area contributed by atoms with E-state index in [1.165, 1.54) is 11.1 Å². The summed E-state index contributed by atoms with van der Waals surface area (Å²) in [7, 11) is 0. The van der Waals surface area contributed by atoms with Crippen LogP contribution in [0.25, 0.3) is 0 Å². The summed E-state index contributed by atoms with van der Waals surface area (Å²) in [5, 5.41) is 0. The molecule has 0 radical (unpaired) electrons. The number of hydrogen-bond donors (Lipinski definition) is 0. The van der Waals surface area contributed by atoms with E-state index in [0.717, 1.165) is 25.0 Å². The summed E-state index contributed by atoms with van der Waals surface area (Å²) in [5.74, 6) is 1.52. The summed E-state index contributed by atoms with van der Waals surface area (Å²) in [5.41, 5.74) is 2.56. The zero-order valence-electron chi connectivity index (χ0n) is 8.09. The Labute approximate surface area is 77.9 Å². The van der Waals surface area contributed by atoms with E-state index < -0.39 is 0 Å². The molecule has 0 aliphatic heterocycles. The van der Waals surface area contributed by atoms with Crippen LogP contribution < -0.4 is 0 Å².